The first-order chi connectivity index (χ1) is 7.47. The highest BCUT2D eigenvalue weighted by Gasteiger charge is 2.08. The molecule has 0 spiro atoms. The molecule has 1 heterocycles. The average Bonchev–Trinajstić information content (AvgIpc) is 2.56. The maximum Gasteiger partial charge on any atom is 0.0897 e. The van der Waals surface area contributed by atoms with Gasteiger partial charge < -0.3 is 5.32 Å². The summed E-state index contributed by atoms with van der Waals surface area (Å²) in [6.07, 6.45) is 5.88. The normalized spacial score (nSPS) is 11.3. The highest BCUT2D eigenvalue weighted by Crippen LogP contribution is 2.21. The monoisotopic (exact) mass is 276 g/mol. The van der Waals surface area contributed by atoms with Crippen molar-refractivity contribution < 1.29 is 0 Å². The van der Waals surface area contributed by atoms with Gasteiger partial charge in [-0.05, 0) is 31.7 Å². The molecule has 0 saturated heterocycles. The fourth-order valence-corrected chi connectivity index (χ4v) is 2.37. The predicted octanol–water partition coefficient (Wildman–Crippen LogP) is 4.18. The van der Waals surface area contributed by atoms with Gasteiger partial charge in [0.25, 0.3) is 0 Å². The van der Waals surface area contributed by atoms with E-state index in [1.165, 1.54) is 24.1 Å². The lowest BCUT2D eigenvalue weighted by atomic mass is 9.90. The SMILES string of the molecule is Cc1ncc(CNCCCCC(C)(C)C)s1.Cl. The molecule has 0 fully saturated rings. The van der Waals surface area contributed by atoms with Crippen LogP contribution in [-0.4, -0.2) is 11.5 Å². The second kappa shape index (κ2) is 8.06. The predicted molar refractivity (Wildman–Crippen MR) is 79.1 cm³/mol. The summed E-state index contributed by atoms with van der Waals surface area (Å²) in [5.74, 6) is 0. The van der Waals surface area contributed by atoms with Crippen LogP contribution in [0.2, 0.25) is 0 Å². The minimum Gasteiger partial charge on any atom is -0.312 e. The molecule has 1 aromatic rings. The molecule has 1 N–H and O–H groups in total. The van der Waals surface area contributed by atoms with E-state index in [4.69, 9.17) is 0 Å². The molecule has 0 atom stereocenters. The number of hydrogen-bond donors (Lipinski definition) is 1. The molecule has 17 heavy (non-hydrogen) atoms. The fourth-order valence-electron chi connectivity index (χ4n) is 1.60. The third-order valence-electron chi connectivity index (χ3n) is 2.50. The molecule has 0 unspecified atom stereocenters. The number of halogens is 1. The standard InChI is InChI=1S/C13H24N2S.ClH/c1-11-15-10-12(16-11)9-14-8-6-5-7-13(2,3)4;/h10,14H,5-9H2,1-4H3;1H. The van der Waals surface area contributed by atoms with Crippen LogP contribution in [0.25, 0.3) is 0 Å². The van der Waals surface area contributed by atoms with Crippen LogP contribution in [0.4, 0.5) is 0 Å². The lowest BCUT2D eigenvalue weighted by Crippen LogP contribution is -2.14. The molecule has 2 nitrogen and oxygen atoms in total. The first kappa shape index (κ1) is 16.9. The summed E-state index contributed by atoms with van der Waals surface area (Å²) in [4.78, 5) is 5.58. The number of aromatic nitrogens is 1. The second-order valence-electron chi connectivity index (χ2n) is 5.54. The van der Waals surface area contributed by atoms with E-state index in [0.717, 1.165) is 18.1 Å². The number of aryl methyl sites for hydroxylation is 1. The van der Waals surface area contributed by atoms with E-state index in [1.807, 2.05) is 6.20 Å². The van der Waals surface area contributed by atoms with Gasteiger partial charge in [-0.15, -0.1) is 23.7 Å². The van der Waals surface area contributed by atoms with Crippen molar-refractivity contribution in [2.75, 3.05) is 6.54 Å². The van der Waals surface area contributed by atoms with Crippen LogP contribution in [0, 0.1) is 12.3 Å². The van der Waals surface area contributed by atoms with E-state index in [-0.39, 0.29) is 12.4 Å². The van der Waals surface area contributed by atoms with E-state index in [2.05, 4.69) is 38.0 Å². The average molecular weight is 277 g/mol. The molecule has 4 heteroatoms. The van der Waals surface area contributed by atoms with E-state index in [9.17, 15) is 0 Å². The molecule has 0 aromatic carbocycles. The minimum atomic E-state index is 0. The molecule has 0 bridgehead atoms. The number of thiazole rings is 1. The molecule has 0 radical (unpaired) electrons. The van der Waals surface area contributed by atoms with Crippen LogP contribution in [0.1, 0.15) is 49.9 Å². The van der Waals surface area contributed by atoms with Crippen LogP contribution in [0.5, 0.6) is 0 Å². The van der Waals surface area contributed by atoms with E-state index in [0.29, 0.717) is 5.41 Å². The van der Waals surface area contributed by atoms with Crippen molar-refractivity contribution in [1.29, 1.82) is 0 Å². The van der Waals surface area contributed by atoms with Gasteiger partial charge in [0, 0.05) is 17.6 Å². The Morgan fingerprint density at radius 1 is 1.29 bits per heavy atom. The van der Waals surface area contributed by atoms with Crippen molar-refractivity contribution in [3.63, 3.8) is 0 Å². The molecular formula is C13H25ClN2S. The zero-order valence-electron chi connectivity index (χ0n) is 11.4. The number of nitrogens with one attached hydrogen (secondary N) is 1. The summed E-state index contributed by atoms with van der Waals surface area (Å²) in [6, 6.07) is 0. The van der Waals surface area contributed by atoms with E-state index >= 15 is 0 Å². The number of rotatable bonds is 6. The molecule has 100 valence electrons. The topological polar surface area (TPSA) is 24.9 Å². The van der Waals surface area contributed by atoms with Crippen LogP contribution >= 0.6 is 23.7 Å². The van der Waals surface area contributed by atoms with Crippen LogP contribution in [-0.2, 0) is 6.54 Å². The van der Waals surface area contributed by atoms with Gasteiger partial charge in [-0.3, -0.25) is 0 Å². The second-order valence-corrected chi connectivity index (χ2v) is 6.86. The van der Waals surface area contributed by atoms with Gasteiger partial charge in [-0.1, -0.05) is 27.2 Å². The molecule has 0 aliphatic carbocycles. The third kappa shape index (κ3) is 8.58. The van der Waals surface area contributed by atoms with Crippen molar-refractivity contribution in [2.45, 2.75) is 53.5 Å². The quantitative estimate of drug-likeness (QED) is 0.789. The largest absolute Gasteiger partial charge is 0.312 e. The smallest absolute Gasteiger partial charge is 0.0897 e. The Bertz CT molecular complexity index is 305. The van der Waals surface area contributed by atoms with Crippen LogP contribution in [0.15, 0.2) is 6.20 Å². The molecule has 1 aromatic heterocycles. The Morgan fingerprint density at radius 3 is 2.53 bits per heavy atom. The number of unbranched alkanes of at least 4 members (excludes halogenated alkanes) is 1. The third-order valence-corrected chi connectivity index (χ3v) is 3.41. The zero-order chi connectivity index (χ0) is 12.0. The molecule has 1 rings (SSSR count). The maximum absolute atomic E-state index is 4.24. The van der Waals surface area contributed by atoms with Crippen molar-refractivity contribution in [1.82, 2.24) is 10.3 Å². The van der Waals surface area contributed by atoms with Gasteiger partial charge in [0.15, 0.2) is 0 Å². The Kier molecular flexibility index (Phi) is 8.01. The highest BCUT2D eigenvalue weighted by atomic mass is 35.5. The summed E-state index contributed by atoms with van der Waals surface area (Å²) in [5.41, 5.74) is 0.481. The molecule has 0 aliphatic rings. The van der Waals surface area contributed by atoms with Gasteiger partial charge >= 0.3 is 0 Å². The lowest BCUT2D eigenvalue weighted by molar-refractivity contribution is 0.358. The van der Waals surface area contributed by atoms with Crippen molar-refractivity contribution in [3.05, 3.63) is 16.1 Å². The van der Waals surface area contributed by atoms with Crippen LogP contribution in [0.3, 0.4) is 0 Å². The van der Waals surface area contributed by atoms with E-state index < -0.39 is 0 Å². The Hall–Kier alpha value is -0.120. The van der Waals surface area contributed by atoms with Crippen LogP contribution < -0.4 is 5.32 Å². The van der Waals surface area contributed by atoms with Crippen molar-refractivity contribution >= 4 is 23.7 Å². The molecule has 0 amide bonds. The lowest BCUT2D eigenvalue weighted by Gasteiger charge is -2.17. The van der Waals surface area contributed by atoms with Gasteiger partial charge in [0.05, 0.1) is 5.01 Å². The molecular weight excluding hydrogens is 252 g/mol. The summed E-state index contributed by atoms with van der Waals surface area (Å²) < 4.78 is 0. The van der Waals surface area contributed by atoms with Crippen molar-refractivity contribution in [2.24, 2.45) is 5.41 Å². The molecule has 0 saturated carbocycles. The van der Waals surface area contributed by atoms with Gasteiger partial charge in [0.1, 0.15) is 0 Å². The van der Waals surface area contributed by atoms with Gasteiger partial charge in [-0.25, -0.2) is 4.98 Å². The van der Waals surface area contributed by atoms with Gasteiger partial charge in [0.2, 0.25) is 0 Å². The summed E-state index contributed by atoms with van der Waals surface area (Å²) >= 11 is 1.78. The summed E-state index contributed by atoms with van der Waals surface area (Å²) in [5, 5.41) is 4.63. The molecule has 0 aliphatic heterocycles. The fraction of sp³-hybridized carbons (Fsp3) is 0.769. The van der Waals surface area contributed by atoms with E-state index in [1.54, 1.807) is 11.3 Å². The number of nitrogens with zero attached hydrogens (tertiary/aromatic N) is 1. The van der Waals surface area contributed by atoms with Gasteiger partial charge in [-0.2, -0.15) is 0 Å². The first-order valence-electron chi connectivity index (χ1n) is 6.09. The number of hydrogen-bond acceptors (Lipinski definition) is 3. The minimum absolute atomic E-state index is 0. The Labute approximate surface area is 116 Å². The Morgan fingerprint density at radius 2 is 2.00 bits per heavy atom. The first-order valence-corrected chi connectivity index (χ1v) is 6.91. The Balaban J connectivity index is 0.00000256. The highest BCUT2D eigenvalue weighted by molar-refractivity contribution is 7.11. The van der Waals surface area contributed by atoms with Crippen molar-refractivity contribution in [3.8, 4) is 0 Å². The zero-order valence-corrected chi connectivity index (χ0v) is 13.0. The summed E-state index contributed by atoms with van der Waals surface area (Å²) in [7, 11) is 0. The maximum atomic E-state index is 4.24. The summed E-state index contributed by atoms with van der Waals surface area (Å²) in [6.45, 7) is 11.1.